The Morgan fingerprint density at radius 1 is 1.13 bits per heavy atom. The van der Waals surface area contributed by atoms with E-state index < -0.39 is 11.5 Å². The summed E-state index contributed by atoms with van der Waals surface area (Å²) in [6, 6.07) is 12.7. The monoisotopic (exact) mass is 401 g/mol. The second-order valence-electron chi connectivity index (χ2n) is 7.91. The van der Waals surface area contributed by atoms with Crippen molar-refractivity contribution in [2.75, 3.05) is 0 Å². The summed E-state index contributed by atoms with van der Waals surface area (Å²) < 4.78 is 0. The van der Waals surface area contributed by atoms with Gasteiger partial charge in [-0.3, -0.25) is 20.0 Å². The molecule has 0 bridgehead atoms. The summed E-state index contributed by atoms with van der Waals surface area (Å²) in [4.78, 5) is 29.2. The second-order valence-corrected chi connectivity index (χ2v) is 7.91. The minimum absolute atomic E-state index is 0.0481. The lowest BCUT2D eigenvalue weighted by Gasteiger charge is -2.28. The molecule has 0 spiro atoms. The lowest BCUT2D eigenvalue weighted by molar-refractivity contribution is -0.138. The number of amidine groups is 1. The second kappa shape index (κ2) is 7.71. The molecule has 152 valence electrons. The molecule has 6 heteroatoms. The standard InChI is InChI=1S/C24H23N3O3/c25-23(26)18-6-4-17(5-7-18)22(30)24(10-1-11-27-24)20-9-8-16-3-2-15(13-21(28)29)12-19(16)14-20/h1,4-11,14-15H,2-3,12-13H2,(H3,25,26)(H,28,29). The Balaban J connectivity index is 1.69. The number of aryl methyl sites for hydroxylation is 1. The molecule has 0 radical (unpaired) electrons. The largest absolute Gasteiger partial charge is 0.481 e. The van der Waals surface area contributed by atoms with Gasteiger partial charge < -0.3 is 10.8 Å². The average molecular weight is 401 g/mol. The number of carboxylic acids is 1. The van der Waals surface area contributed by atoms with Crippen LogP contribution >= 0.6 is 0 Å². The van der Waals surface area contributed by atoms with E-state index in [1.165, 1.54) is 5.56 Å². The summed E-state index contributed by atoms with van der Waals surface area (Å²) in [5.41, 5.74) is 8.52. The molecule has 0 amide bonds. The number of aliphatic imine (C=N–C) groups is 1. The number of carbonyl (C=O) groups excluding carboxylic acids is 1. The van der Waals surface area contributed by atoms with Gasteiger partial charge in [-0.2, -0.15) is 0 Å². The smallest absolute Gasteiger partial charge is 0.303 e. The Morgan fingerprint density at radius 3 is 2.50 bits per heavy atom. The number of carboxylic acid groups (broad SMARTS) is 1. The van der Waals surface area contributed by atoms with E-state index in [1.807, 2.05) is 18.2 Å². The molecular formula is C24H23N3O3. The zero-order chi connectivity index (χ0) is 21.3. The van der Waals surface area contributed by atoms with Crippen LogP contribution in [0.25, 0.3) is 0 Å². The SMILES string of the molecule is N=C(N)c1ccc(C(=O)C2(c3ccc4c(c3)CC(CC(=O)O)CC4)C=CC=N2)cc1. The van der Waals surface area contributed by atoms with Crippen LogP contribution in [0.3, 0.4) is 0 Å². The van der Waals surface area contributed by atoms with Gasteiger partial charge in [0, 0.05) is 23.8 Å². The number of nitrogens with zero attached hydrogens (tertiary/aromatic N) is 1. The van der Waals surface area contributed by atoms with E-state index in [0.29, 0.717) is 17.5 Å². The zero-order valence-corrected chi connectivity index (χ0v) is 16.5. The van der Waals surface area contributed by atoms with Gasteiger partial charge in [0.25, 0.3) is 0 Å². The van der Waals surface area contributed by atoms with Crippen molar-refractivity contribution in [1.29, 1.82) is 5.41 Å². The zero-order valence-electron chi connectivity index (χ0n) is 16.5. The van der Waals surface area contributed by atoms with Crippen LogP contribution in [0.4, 0.5) is 0 Å². The fraction of sp³-hybridized carbons (Fsp3) is 0.250. The Bertz CT molecular complexity index is 1070. The predicted molar refractivity (Wildman–Crippen MR) is 115 cm³/mol. The van der Waals surface area contributed by atoms with E-state index in [9.17, 15) is 9.59 Å². The number of hydrogen-bond donors (Lipinski definition) is 3. The minimum Gasteiger partial charge on any atom is -0.481 e. The van der Waals surface area contributed by atoms with Gasteiger partial charge in [0.2, 0.25) is 0 Å². The van der Waals surface area contributed by atoms with Crippen molar-refractivity contribution < 1.29 is 14.7 Å². The molecule has 30 heavy (non-hydrogen) atoms. The molecule has 2 aromatic rings. The van der Waals surface area contributed by atoms with Gasteiger partial charge in [0.1, 0.15) is 5.84 Å². The van der Waals surface area contributed by atoms with Crippen molar-refractivity contribution in [2.45, 2.75) is 31.2 Å². The first-order chi connectivity index (χ1) is 14.4. The maximum Gasteiger partial charge on any atom is 0.303 e. The van der Waals surface area contributed by atoms with Gasteiger partial charge in [-0.25, -0.2) is 0 Å². The van der Waals surface area contributed by atoms with Crippen LogP contribution in [0.5, 0.6) is 0 Å². The van der Waals surface area contributed by atoms with Crippen LogP contribution in [0, 0.1) is 11.3 Å². The fourth-order valence-corrected chi connectivity index (χ4v) is 4.33. The van der Waals surface area contributed by atoms with Crippen LogP contribution in [0.1, 0.15) is 45.5 Å². The number of fused-ring (bicyclic) bond motifs is 1. The molecule has 2 atom stereocenters. The summed E-state index contributed by atoms with van der Waals surface area (Å²) in [5, 5.41) is 16.7. The molecule has 0 fully saturated rings. The van der Waals surface area contributed by atoms with Gasteiger partial charge in [-0.15, -0.1) is 0 Å². The van der Waals surface area contributed by atoms with Gasteiger partial charge >= 0.3 is 5.97 Å². The number of carbonyl (C=O) groups is 2. The predicted octanol–water partition coefficient (Wildman–Crippen LogP) is 3.27. The lowest BCUT2D eigenvalue weighted by Crippen LogP contribution is -2.31. The minimum atomic E-state index is -1.13. The van der Waals surface area contributed by atoms with E-state index in [0.717, 1.165) is 24.0 Å². The third kappa shape index (κ3) is 3.56. The molecule has 1 aliphatic heterocycles. The molecule has 2 unspecified atom stereocenters. The van der Waals surface area contributed by atoms with Crippen molar-refractivity contribution in [3.8, 4) is 0 Å². The maximum absolute atomic E-state index is 13.5. The molecule has 0 saturated carbocycles. The van der Waals surface area contributed by atoms with Crippen molar-refractivity contribution in [3.05, 3.63) is 82.4 Å². The highest BCUT2D eigenvalue weighted by Gasteiger charge is 2.40. The number of Topliss-reactive ketones (excluding diaryl/α,β-unsaturated/α-hetero) is 1. The van der Waals surface area contributed by atoms with Crippen molar-refractivity contribution in [3.63, 3.8) is 0 Å². The van der Waals surface area contributed by atoms with Crippen LogP contribution < -0.4 is 5.73 Å². The van der Waals surface area contributed by atoms with E-state index >= 15 is 0 Å². The van der Waals surface area contributed by atoms with E-state index in [4.69, 9.17) is 16.2 Å². The highest BCUT2D eigenvalue weighted by molar-refractivity contribution is 6.08. The van der Waals surface area contributed by atoms with E-state index in [1.54, 1.807) is 42.6 Å². The Morgan fingerprint density at radius 2 is 1.87 bits per heavy atom. The average Bonchev–Trinajstić information content (AvgIpc) is 3.23. The Labute approximate surface area is 174 Å². The van der Waals surface area contributed by atoms with E-state index in [2.05, 4.69) is 4.99 Å². The first-order valence-corrected chi connectivity index (χ1v) is 9.95. The van der Waals surface area contributed by atoms with Gasteiger partial charge in [0.05, 0.1) is 0 Å². The summed E-state index contributed by atoms with van der Waals surface area (Å²) in [6.45, 7) is 0. The first kappa shape index (κ1) is 19.8. The van der Waals surface area contributed by atoms with Crippen LogP contribution in [0.15, 0.2) is 59.6 Å². The molecule has 1 heterocycles. The summed E-state index contributed by atoms with van der Waals surface area (Å²) in [6.07, 6.45) is 7.77. The summed E-state index contributed by atoms with van der Waals surface area (Å²) in [7, 11) is 0. The number of allylic oxidation sites excluding steroid dienone is 1. The topological polar surface area (TPSA) is 117 Å². The highest BCUT2D eigenvalue weighted by atomic mass is 16.4. The molecule has 6 nitrogen and oxygen atoms in total. The first-order valence-electron chi connectivity index (χ1n) is 9.95. The molecular weight excluding hydrogens is 378 g/mol. The number of hydrogen-bond acceptors (Lipinski definition) is 4. The quantitative estimate of drug-likeness (QED) is 0.391. The number of ketones is 1. The molecule has 4 rings (SSSR count). The Hall–Kier alpha value is -3.54. The number of nitrogens with two attached hydrogens (primary N) is 1. The molecule has 0 aromatic heterocycles. The summed E-state index contributed by atoms with van der Waals surface area (Å²) >= 11 is 0. The van der Waals surface area contributed by atoms with Crippen molar-refractivity contribution in [1.82, 2.24) is 0 Å². The lowest BCUT2D eigenvalue weighted by atomic mass is 9.77. The highest BCUT2D eigenvalue weighted by Crippen LogP contribution is 2.37. The number of rotatable bonds is 6. The molecule has 2 aromatic carbocycles. The van der Waals surface area contributed by atoms with Gasteiger partial charge in [-0.05, 0) is 54.0 Å². The maximum atomic E-state index is 13.5. The normalized spacial score (nSPS) is 21.9. The Kier molecular flexibility index (Phi) is 5.08. The van der Waals surface area contributed by atoms with Crippen molar-refractivity contribution >= 4 is 23.8 Å². The number of aliphatic carboxylic acids is 1. The number of nitrogens with one attached hydrogen (secondary N) is 1. The molecule has 1 aliphatic carbocycles. The van der Waals surface area contributed by atoms with Crippen LogP contribution in [-0.4, -0.2) is 28.9 Å². The number of benzene rings is 2. The molecule has 0 saturated heterocycles. The van der Waals surface area contributed by atoms with E-state index in [-0.39, 0.29) is 24.0 Å². The third-order valence-corrected chi connectivity index (χ3v) is 5.95. The van der Waals surface area contributed by atoms with Gasteiger partial charge in [0.15, 0.2) is 11.3 Å². The molecule has 2 aliphatic rings. The van der Waals surface area contributed by atoms with Crippen molar-refractivity contribution in [2.24, 2.45) is 16.6 Å². The summed E-state index contributed by atoms with van der Waals surface area (Å²) in [5.74, 6) is -0.865. The van der Waals surface area contributed by atoms with Crippen LogP contribution in [0.2, 0.25) is 0 Å². The number of nitrogen functional groups attached to an aromatic ring is 1. The molecule has 4 N–H and O–H groups in total. The van der Waals surface area contributed by atoms with Gasteiger partial charge in [-0.1, -0.05) is 42.5 Å². The van der Waals surface area contributed by atoms with Crippen LogP contribution in [-0.2, 0) is 23.2 Å². The fourth-order valence-electron chi connectivity index (χ4n) is 4.33. The third-order valence-electron chi connectivity index (χ3n) is 5.95.